The van der Waals surface area contributed by atoms with Crippen LogP contribution in [0.5, 0.6) is 0 Å². The van der Waals surface area contributed by atoms with Gasteiger partial charge in [0.2, 0.25) is 0 Å². The zero-order valence-electron chi connectivity index (χ0n) is 6.92. The highest BCUT2D eigenvalue weighted by Crippen LogP contribution is 2.01. The largest absolute Gasteiger partial charge is 0.386 e. The average molecular weight is 144 g/mol. The van der Waals surface area contributed by atoms with Gasteiger partial charge in [0.1, 0.15) is 0 Å². The maximum Gasteiger partial charge on any atom is 0.0772 e. The molecule has 60 valence electrons. The first-order valence-electron chi connectivity index (χ1n) is 3.54. The second kappa shape index (κ2) is 4.47. The molecule has 0 aromatic carbocycles. The van der Waals surface area contributed by atoms with Gasteiger partial charge in [0.05, 0.1) is 12.2 Å². The van der Waals surface area contributed by atoms with Gasteiger partial charge in [-0.3, -0.25) is 0 Å². The monoisotopic (exact) mass is 144 g/mol. The molecule has 0 atom stereocenters. The van der Waals surface area contributed by atoms with Crippen LogP contribution in [-0.4, -0.2) is 23.9 Å². The third-order valence-corrected chi connectivity index (χ3v) is 0.944. The second-order valence-corrected chi connectivity index (χ2v) is 2.72. The van der Waals surface area contributed by atoms with Gasteiger partial charge in [0.25, 0.3) is 0 Å². The molecule has 0 unspecified atom stereocenters. The molecular formula is C8H16O2. The number of ether oxygens (including phenoxy) is 1. The van der Waals surface area contributed by atoms with Crippen molar-refractivity contribution < 1.29 is 9.84 Å². The molecule has 0 saturated carbocycles. The van der Waals surface area contributed by atoms with Crippen molar-refractivity contribution in [1.29, 1.82) is 0 Å². The van der Waals surface area contributed by atoms with Gasteiger partial charge in [-0.25, -0.2) is 0 Å². The van der Waals surface area contributed by atoms with E-state index in [9.17, 15) is 5.11 Å². The van der Waals surface area contributed by atoms with Gasteiger partial charge in [0, 0.05) is 6.61 Å². The van der Waals surface area contributed by atoms with Crippen LogP contribution < -0.4 is 0 Å². The van der Waals surface area contributed by atoms with E-state index < -0.39 is 5.60 Å². The average Bonchev–Trinajstić information content (AvgIpc) is 1.78. The van der Waals surface area contributed by atoms with E-state index in [4.69, 9.17) is 4.74 Å². The Kier molecular flexibility index (Phi) is 4.32. The third-order valence-electron chi connectivity index (χ3n) is 0.944. The quantitative estimate of drug-likeness (QED) is 0.476. The maximum atomic E-state index is 9.17. The molecule has 10 heavy (non-hydrogen) atoms. The summed E-state index contributed by atoms with van der Waals surface area (Å²) in [5, 5.41) is 9.17. The van der Waals surface area contributed by atoms with Crippen molar-refractivity contribution in [2.75, 3.05) is 13.2 Å². The Labute approximate surface area is 62.5 Å². The normalized spacial score (nSPS) is 12.8. The molecule has 2 heteroatoms. The number of rotatable bonds is 4. The van der Waals surface area contributed by atoms with E-state index in [0.717, 1.165) is 6.61 Å². The van der Waals surface area contributed by atoms with E-state index >= 15 is 0 Å². The van der Waals surface area contributed by atoms with Crippen LogP contribution in [0.4, 0.5) is 0 Å². The summed E-state index contributed by atoms with van der Waals surface area (Å²) in [6.45, 7) is 6.71. The Morgan fingerprint density at radius 2 is 2.10 bits per heavy atom. The summed E-state index contributed by atoms with van der Waals surface area (Å²) in [5.41, 5.74) is -0.711. The molecule has 1 N–H and O–H groups in total. The molecule has 0 saturated heterocycles. The standard InChI is InChI=1S/C8H16O2/c1-4-10-7-5-6-8(2,3)9/h5-6,9H,4,7H2,1-3H3/b6-5+. The van der Waals surface area contributed by atoms with Crippen molar-refractivity contribution in [3.63, 3.8) is 0 Å². The molecule has 0 aliphatic rings. The lowest BCUT2D eigenvalue weighted by Crippen LogP contribution is -2.13. The van der Waals surface area contributed by atoms with Crippen LogP contribution >= 0.6 is 0 Å². The zero-order valence-corrected chi connectivity index (χ0v) is 6.92. The highest BCUT2D eigenvalue weighted by Gasteiger charge is 2.04. The predicted octanol–water partition coefficient (Wildman–Crippen LogP) is 1.35. The molecule has 2 nitrogen and oxygen atoms in total. The van der Waals surface area contributed by atoms with E-state index in [1.165, 1.54) is 0 Å². The van der Waals surface area contributed by atoms with Gasteiger partial charge in [-0.05, 0) is 20.8 Å². The van der Waals surface area contributed by atoms with Gasteiger partial charge >= 0.3 is 0 Å². The minimum absolute atomic E-state index is 0.584. The number of aliphatic hydroxyl groups is 1. The van der Waals surface area contributed by atoms with Gasteiger partial charge in [0.15, 0.2) is 0 Å². The summed E-state index contributed by atoms with van der Waals surface area (Å²) in [7, 11) is 0. The van der Waals surface area contributed by atoms with Crippen LogP contribution in [0.15, 0.2) is 12.2 Å². The van der Waals surface area contributed by atoms with Crippen LogP contribution in [0.25, 0.3) is 0 Å². The lowest BCUT2D eigenvalue weighted by atomic mass is 10.1. The fraction of sp³-hybridized carbons (Fsp3) is 0.750. The van der Waals surface area contributed by atoms with Crippen LogP contribution in [0, 0.1) is 0 Å². The van der Waals surface area contributed by atoms with Crippen molar-refractivity contribution in [3.8, 4) is 0 Å². The minimum Gasteiger partial charge on any atom is -0.386 e. The Morgan fingerprint density at radius 1 is 1.50 bits per heavy atom. The summed E-state index contributed by atoms with van der Waals surface area (Å²) < 4.78 is 5.03. The topological polar surface area (TPSA) is 29.5 Å². The second-order valence-electron chi connectivity index (χ2n) is 2.72. The molecule has 0 bridgehead atoms. The summed E-state index contributed by atoms with van der Waals surface area (Å²) >= 11 is 0. The molecule has 0 amide bonds. The smallest absolute Gasteiger partial charge is 0.0772 e. The van der Waals surface area contributed by atoms with Crippen molar-refractivity contribution in [2.45, 2.75) is 26.4 Å². The maximum absolute atomic E-state index is 9.17. The van der Waals surface area contributed by atoms with Crippen LogP contribution in [0.2, 0.25) is 0 Å². The van der Waals surface area contributed by atoms with E-state index in [1.54, 1.807) is 19.9 Å². The molecule has 0 aromatic heterocycles. The van der Waals surface area contributed by atoms with Crippen molar-refractivity contribution in [2.24, 2.45) is 0 Å². The SMILES string of the molecule is CCOC/C=C/C(C)(C)O. The Bertz CT molecular complexity index is 100. The summed E-state index contributed by atoms with van der Waals surface area (Å²) in [6.07, 6.45) is 3.55. The van der Waals surface area contributed by atoms with E-state index in [-0.39, 0.29) is 0 Å². The van der Waals surface area contributed by atoms with E-state index in [0.29, 0.717) is 6.61 Å². The molecule has 0 fully saturated rings. The number of hydrogen-bond donors (Lipinski definition) is 1. The lowest BCUT2D eigenvalue weighted by Gasteiger charge is -2.09. The fourth-order valence-electron chi connectivity index (χ4n) is 0.522. The molecular weight excluding hydrogens is 128 g/mol. The summed E-state index contributed by atoms with van der Waals surface area (Å²) in [4.78, 5) is 0. The van der Waals surface area contributed by atoms with Gasteiger partial charge in [-0.15, -0.1) is 0 Å². The highest BCUT2D eigenvalue weighted by molar-refractivity contribution is 4.94. The molecule has 0 radical (unpaired) electrons. The molecule has 0 heterocycles. The Hall–Kier alpha value is -0.340. The predicted molar refractivity (Wildman–Crippen MR) is 41.9 cm³/mol. The highest BCUT2D eigenvalue weighted by atomic mass is 16.5. The number of hydrogen-bond acceptors (Lipinski definition) is 2. The molecule has 0 aliphatic heterocycles. The van der Waals surface area contributed by atoms with Crippen molar-refractivity contribution in [1.82, 2.24) is 0 Å². The van der Waals surface area contributed by atoms with Crippen molar-refractivity contribution >= 4 is 0 Å². The lowest BCUT2D eigenvalue weighted by molar-refractivity contribution is 0.130. The van der Waals surface area contributed by atoms with Crippen molar-refractivity contribution in [3.05, 3.63) is 12.2 Å². The molecule has 0 spiro atoms. The minimum atomic E-state index is -0.711. The molecule has 0 aromatic rings. The summed E-state index contributed by atoms with van der Waals surface area (Å²) in [6, 6.07) is 0. The first-order chi connectivity index (χ1) is 4.56. The Balaban J connectivity index is 3.37. The third kappa shape index (κ3) is 7.66. The molecule has 0 rings (SSSR count). The molecule has 0 aliphatic carbocycles. The van der Waals surface area contributed by atoms with E-state index in [2.05, 4.69) is 0 Å². The van der Waals surface area contributed by atoms with Gasteiger partial charge < -0.3 is 9.84 Å². The first kappa shape index (κ1) is 9.66. The van der Waals surface area contributed by atoms with Crippen LogP contribution in [0.3, 0.4) is 0 Å². The summed E-state index contributed by atoms with van der Waals surface area (Å²) in [5.74, 6) is 0. The van der Waals surface area contributed by atoms with Gasteiger partial charge in [-0.1, -0.05) is 12.2 Å². The van der Waals surface area contributed by atoms with E-state index in [1.807, 2.05) is 13.0 Å². The fourth-order valence-corrected chi connectivity index (χ4v) is 0.522. The van der Waals surface area contributed by atoms with Gasteiger partial charge in [-0.2, -0.15) is 0 Å². The van der Waals surface area contributed by atoms with Crippen LogP contribution in [0.1, 0.15) is 20.8 Å². The Morgan fingerprint density at radius 3 is 2.50 bits per heavy atom. The van der Waals surface area contributed by atoms with Crippen LogP contribution in [-0.2, 0) is 4.74 Å². The first-order valence-corrected chi connectivity index (χ1v) is 3.54. The zero-order chi connectivity index (χ0) is 8.04.